The summed E-state index contributed by atoms with van der Waals surface area (Å²) in [6.45, 7) is 3.66. The standard InChI is InChI=1S/C21H27FN6O3/c1-4-28(21(30)31-3)18-7-5-6-17(26-18)19-16(22)12-23-20(27-19)25-15-10-8-14(9-11-15)24-13(2)29/h5-7,12,14-15H,4,8-11H2,1-3H3,(H,24,29)(H,23,25,27). The summed E-state index contributed by atoms with van der Waals surface area (Å²) >= 11 is 0. The van der Waals surface area contributed by atoms with E-state index in [0.29, 0.717) is 18.3 Å². The Bertz CT molecular complexity index is 933. The number of pyridine rings is 1. The Balaban J connectivity index is 1.75. The largest absolute Gasteiger partial charge is 0.452 e. The molecule has 0 atom stereocenters. The summed E-state index contributed by atoms with van der Waals surface area (Å²) in [5.41, 5.74) is 0.337. The number of carbonyl (C=O) groups excluding carboxylic acids is 2. The Labute approximate surface area is 180 Å². The van der Waals surface area contributed by atoms with Gasteiger partial charge in [-0.15, -0.1) is 0 Å². The second-order valence-electron chi connectivity index (χ2n) is 7.38. The first-order valence-corrected chi connectivity index (χ1v) is 10.3. The number of carbonyl (C=O) groups is 2. The molecule has 1 fully saturated rings. The van der Waals surface area contributed by atoms with Gasteiger partial charge in [0.15, 0.2) is 5.82 Å². The van der Waals surface area contributed by atoms with Crippen molar-refractivity contribution in [3.63, 3.8) is 0 Å². The van der Waals surface area contributed by atoms with E-state index in [1.54, 1.807) is 25.1 Å². The van der Waals surface area contributed by atoms with Crippen molar-refractivity contribution in [1.29, 1.82) is 0 Å². The van der Waals surface area contributed by atoms with Gasteiger partial charge in [0.05, 0.1) is 19.0 Å². The second-order valence-corrected chi connectivity index (χ2v) is 7.38. The zero-order chi connectivity index (χ0) is 22.4. The average Bonchev–Trinajstić information content (AvgIpc) is 2.76. The van der Waals surface area contributed by atoms with Crippen LogP contribution >= 0.6 is 0 Å². The van der Waals surface area contributed by atoms with Crippen LogP contribution in [0.25, 0.3) is 11.4 Å². The van der Waals surface area contributed by atoms with Crippen LogP contribution in [0.15, 0.2) is 24.4 Å². The van der Waals surface area contributed by atoms with Crippen LogP contribution in [0.5, 0.6) is 0 Å². The molecule has 10 heteroatoms. The Hall–Kier alpha value is -3.30. The maximum Gasteiger partial charge on any atom is 0.415 e. The van der Waals surface area contributed by atoms with Crippen molar-refractivity contribution in [2.75, 3.05) is 23.9 Å². The summed E-state index contributed by atoms with van der Waals surface area (Å²) in [6, 6.07) is 5.28. The van der Waals surface area contributed by atoms with E-state index in [9.17, 15) is 14.0 Å². The molecule has 166 valence electrons. The van der Waals surface area contributed by atoms with Gasteiger partial charge in [-0.25, -0.2) is 24.1 Å². The van der Waals surface area contributed by atoms with E-state index in [0.717, 1.165) is 31.9 Å². The molecule has 9 nitrogen and oxygen atoms in total. The van der Waals surface area contributed by atoms with Crippen LogP contribution in [0, 0.1) is 5.82 Å². The van der Waals surface area contributed by atoms with Crippen LogP contribution in [0.2, 0.25) is 0 Å². The van der Waals surface area contributed by atoms with Gasteiger partial charge in [0.1, 0.15) is 11.5 Å². The molecule has 2 N–H and O–H groups in total. The highest BCUT2D eigenvalue weighted by molar-refractivity contribution is 5.86. The molecule has 2 amide bonds. The topological polar surface area (TPSA) is 109 Å². The van der Waals surface area contributed by atoms with Gasteiger partial charge in [0, 0.05) is 25.6 Å². The fourth-order valence-electron chi connectivity index (χ4n) is 3.67. The second kappa shape index (κ2) is 10.1. The van der Waals surface area contributed by atoms with Crippen molar-refractivity contribution in [2.45, 2.75) is 51.6 Å². The first kappa shape index (κ1) is 22.4. The highest BCUT2D eigenvalue weighted by Crippen LogP contribution is 2.25. The zero-order valence-corrected chi connectivity index (χ0v) is 17.9. The number of methoxy groups -OCH3 is 1. The lowest BCUT2D eigenvalue weighted by Gasteiger charge is -2.29. The number of ether oxygens (including phenoxy) is 1. The van der Waals surface area contributed by atoms with Crippen LogP contribution in [0.1, 0.15) is 39.5 Å². The van der Waals surface area contributed by atoms with Gasteiger partial charge in [-0.2, -0.15) is 0 Å². The van der Waals surface area contributed by atoms with Crippen molar-refractivity contribution in [2.24, 2.45) is 0 Å². The normalized spacial score (nSPS) is 18.2. The van der Waals surface area contributed by atoms with E-state index in [-0.39, 0.29) is 29.4 Å². The van der Waals surface area contributed by atoms with E-state index in [1.807, 2.05) is 0 Å². The summed E-state index contributed by atoms with van der Waals surface area (Å²) in [5.74, 6) is 0.0275. The molecule has 1 aliphatic carbocycles. The Morgan fingerprint density at radius 3 is 2.55 bits per heavy atom. The van der Waals surface area contributed by atoms with E-state index in [4.69, 9.17) is 4.74 Å². The van der Waals surface area contributed by atoms with Crippen molar-refractivity contribution >= 4 is 23.8 Å². The monoisotopic (exact) mass is 430 g/mol. The molecule has 0 radical (unpaired) electrons. The van der Waals surface area contributed by atoms with Crippen molar-refractivity contribution in [3.8, 4) is 11.4 Å². The van der Waals surface area contributed by atoms with Gasteiger partial charge in [-0.3, -0.25) is 9.69 Å². The van der Waals surface area contributed by atoms with Crippen molar-refractivity contribution < 1.29 is 18.7 Å². The minimum Gasteiger partial charge on any atom is -0.452 e. The first-order valence-electron chi connectivity index (χ1n) is 10.3. The van der Waals surface area contributed by atoms with Gasteiger partial charge < -0.3 is 15.4 Å². The maximum absolute atomic E-state index is 14.5. The molecule has 1 aliphatic rings. The molecule has 2 aromatic rings. The van der Waals surface area contributed by atoms with Crippen molar-refractivity contribution in [3.05, 3.63) is 30.2 Å². The summed E-state index contributed by atoms with van der Waals surface area (Å²) in [7, 11) is 1.29. The van der Waals surface area contributed by atoms with Crippen LogP contribution in [0.3, 0.4) is 0 Å². The minimum atomic E-state index is -0.606. The van der Waals surface area contributed by atoms with E-state index < -0.39 is 11.9 Å². The molecule has 0 spiro atoms. The number of aromatic nitrogens is 3. The lowest BCUT2D eigenvalue weighted by molar-refractivity contribution is -0.119. The first-order chi connectivity index (χ1) is 14.9. The molecule has 0 unspecified atom stereocenters. The number of rotatable bonds is 6. The lowest BCUT2D eigenvalue weighted by atomic mass is 9.91. The van der Waals surface area contributed by atoms with Gasteiger partial charge in [-0.05, 0) is 44.7 Å². The quantitative estimate of drug-likeness (QED) is 0.725. The number of halogens is 1. The van der Waals surface area contributed by atoms with Gasteiger partial charge in [-0.1, -0.05) is 6.07 Å². The maximum atomic E-state index is 14.5. The highest BCUT2D eigenvalue weighted by Gasteiger charge is 2.23. The average molecular weight is 430 g/mol. The molecular weight excluding hydrogens is 403 g/mol. The van der Waals surface area contributed by atoms with Crippen LogP contribution in [0.4, 0.5) is 21.0 Å². The van der Waals surface area contributed by atoms with Crippen LogP contribution < -0.4 is 15.5 Å². The zero-order valence-electron chi connectivity index (χ0n) is 17.9. The minimum absolute atomic E-state index is 0.0218. The fraction of sp³-hybridized carbons (Fsp3) is 0.476. The molecule has 3 rings (SSSR count). The third-order valence-electron chi connectivity index (χ3n) is 5.18. The van der Waals surface area contributed by atoms with Gasteiger partial charge in [0.25, 0.3) is 0 Å². The number of hydrogen-bond acceptors (Lipinski definition) is 7. The van der Waals surface area contributed by atoms with Crippen molar-refractivity contribution in [1.82, 2.24) is 20.3 Å². The van der Waals surface area contributed by atoms with Crippen LogP contribution in [-0.4, -0.2) is 52.7 Å². The fourth-order valence-corrected chi connectivity index (χ4v) is 3.67. The third kappa shape index (κ3) is 5.65. The molecule has 0 bridgehead atoms. The summed E-state index contributed by atoms with van der Waals surface area (Å²) in [4.78, 5) is 37.3. The molecule has 0 aliphatic heterocycles. The predicted octanol–water partition coefficient (Wildman–Crippen LogP) is 3.13. The molecule has 1 saturated carbocycles. The summed E-state index contributed by atoms with van der Waals surface area (Å²) in [6.07, 6.45) is 3.97. The molecular formula is C21H27FN6O3. The SMILES string of the molecule is CCN(C(=O)OC)c1cccc(-c2nc(NC3CCC(NC(C)=O)CC3)ncc2F)n1. The Kier molecular flexibility index (Phi) is 7.32. The Morgan fingerprint density at radius 1 is 1.19 bits per heavy atom. The van der Waals surface area contributed by atoms with E-state index in [2.05, 4.69) is 25.6 Å². The highest BCUT2D eigenvalue weighted by atomic mass is 19.1. The molecule has 31 heavy (non-hydrogen) atoms. The number of nitrogens with zero attached hydrogens (tertiary/aromatic N) is 4. The summed E-state index contributed by atoms with van der Waals surface area (Å²) in [5, 5.41) is 6.20. The van der Waals surface area contributed by atoms with E-state index >= 15 is 0 Å². The molecule has 0 saturated heterocycles. The number of hydrogen-bond donors (Lipinski definition) is 2. The number of anilines is 2. The third-order valence-corrected chi connectivity index (χ3v) is 5.18. The van der Waals surface area contributed by atoms with E-state index in [1.165, 1.54) is 18.9 Å². The predicted molar refractivity (Wildman–Crippen MR) is 114 cm³/mol. The number of amides is 2. The summed E-state index contributed by atoms with van der Waals surface area (Å²) < 4.78 is 19.3. The van der Waals surface area contributed by atoms with Gasteiger partial charge in [0.2, 0.25) is 11.9 Å². The molecule has 0 aromatic carbocycles. The lowest BCUT2D eigenvalue weighted by Crippen LogP contribution is -2.39. The number of nitrogens with one attached hydrogen (secondary N) is 2. The molecule has 2 heterocycles. The van der Waals surface area contributed by atoms with Crippen LogP contribution in [-0.2, 0) is 9.53 Å². The Morgan fingerprint density at radius 2 is 1.90 bits per heavy atom. The molecule has 2 aromatic heterocycles. The van der Waals surface area contributed by atoms with Gasteiger partial charge >= 0.3 is 6.09 Å². The smallest absolute Gasteiger partial charge is 0.415 e.